The molecule has 4 atom stereocenters. The van der Waals surface area contributed by atoms with Gasteiger partial charge in [0, 0.05) is 31.6 Å². The molecule has 0 aliphatic carbocycles. The lowest BCUT2D eigenvalue weighted by Crippen LogP contribution is -2.53. The van der Waals surface area contributed by atoms with E-state index in [4.69, 9.17) is 5.11 Å². The van der Waals surface area contributed by atoms with Gasteiger partial charge in [-0.25, -0.2) is 9.59 Å². The maximum Gasteiger partial charge on any atom is 0.326 e. The van der Waals surface area contributed by atoms with Crippen LogP contribution in [0.2, 0.25) is 0 Å². The topological polar surface area (TPSA) is 93.1 Å². The Morgan fingerprint density at radius 3 is 2.60 bits per heavy atom. The third-order valence-corrected chi connectivity index (χ3v) is 4.36. The standard InChI is InChI=1S/C13H23N3O4/c1-8-5-9(3-4-15(8)2)14-13(20)16-7-10(17)6-11(16)12(18)19/h8-11,17H,3-7H2,1-2H3,(H,14,20)(H,18,19). The first kappa shape index (κ1) is 15.1. The molecule has 4 unspecified atom stereocenters. The number of rotatable bonds is 2. The number of carbonyl (C=O) groups excluding carboxylic acids is 1. The van der Waals surface area contributed by atoms with E-state index in [1.807, 2.05) is 0 Å². The molecule has 0 radical (unpaired) electrons. The van der Waals surface area contributed by atoms with Crippen LogP contribution in [0, 0.1) is 0 Å². The van der Waals surface area contributed by atoms with Crippen molar-refractivity contribution in [1.82, 2.24) is 15.1 Å². The normalized spacial score (nSPS) is 35.0. The number of nitrogens with one attached hydrogen (secondary N) is 1. The first-order valence-electron chi connectivity index (χ1n) is 7.06. The van der Waals surface area contributed by atoms with E-state index in [-0.39, 0.29) is 25.0 Å². The van der Waals surface area contributed by atoms with Crippen LogP contribution >= 0.6 is 0 Å². The van der Waals surface area contributed by atoms with Gasteiger partial charge in [0.25, 0.3) is 0 Å². The second-order valence-corrected chi connectivity index (χ2v) is 5.90. The molecule has 2 fully saturated rings. The van der Waals surface area contributed by atoms with Gasteiger partial charge in [0.2, 0.25) is 0 Å². The number of carboxylic acid groups (broad SMARTS) is 1. The number of hydrogen-bond donors (Lipinski definition) is 3. The van der Waals surface area contributed by atoms with Crippen LogP contribution in [0.3, 0.4) is 0 Å². The van der Waals surface area contributed by atoms with Crippen molar-refractivity contribution in [3.63, 3.8) is 0 Å². The van der Waals surface area contributed by atoms with Gasteiger partial charge >= 0.3 is 12.0 Å². The number of piperidine rings is 1. The molecule has 2 aliphatic rings. The average Bonchev–Trinajstić information content (AvgIpc) is 2.76. The number of amides is 2. The third-order valence-electron chi connectivity index (χ3n) is 4.36. The van der Waals surface area contributed by atoms with Crippen LogP contribution in [-0.2, 0) is 4.79 Å². The van der Waals surface area contributed by atoms with Gasteiger partial charge in [-0.2, -0.15) is 0 Å². The number of carbonyl (C=O) groups is 2. The summed E-state index contributed by atoms with van der Waals surface area (Å²) < 4.78 is 0. The Morgan fingerprint density at radius 2 is 2.00 bits per heavy atom. The lowest BCUT2D eigenvalue weighted by atomic mass is 9.99. The Labute approximate surface area is 118 Å². The highest BCUT2D eigenvalue weighted by Crippen LogP contribution is 2.20. The summed E-state index contributed by atoms with van der Waals surface area (Å²) in [4.78, 5) is 26.8. The fraction of sp³-hybridized carbons (Fsp3) is 0.846. The first-order chi connectivity index (χ1) is 9.38. The zero-order valence-corrected chi connectivity index (χ0v) is 12.0. The van der Waals surface area contributed by atoms with Crippen LogP contribution in [0.4, 0.5) is 4.79 Å². The molecule has 3 N–H and O–H groups in total. The molecule has 0 bridgehead atoms. The summed E-state index contributed by atoms with van der Waals surface area (Å²) in [5.41, 5.74) is 0. The zero-order valence-electron chi connectivity index (χ0n) is 12.0. The smallest absolute Gasteiger partial charge is 0.326 e. The van der Waals surface area contributed by atoms with Crippen LogP contribution in [0.5, 0.6) is 0 Å². The van der Waals surface area contributed by atoms with Gasteiger partial charge in [-0.05, 0) is 26.8 Å². The number of urea groups is 1. The third kappa shape index (κ3) is 3.21. The molecule has 7 nitrogen and oxygen atoms in total. The quantitative estimate of drug-likeness (QED) is 0.647. The zero-order chi connectivity index (χ0) is 14.9. The highest BCUT2D eigenvalue weighted by Gasteiger charge is 2.39. The number of nitrogens with zero attached hydrogens (tertiary/aromatic N) is 2. The minimum atomic E-state index is -1.06. The van der Waals surface area contributed by atoms with Gasteiger partial charge in [-0.1, -0.05) is 0 Å². The van der Waals surface area contributed by atoms with E-state index >= 15 is 0 Å². The summed E-state index contributed by atoms with van der Waals surface area (Å²) in [6.45, 7) is 3.11. The van der Waals surface area contributed by atoms with Crippen molar-refractivity contribution in [1.29, 1.82) is 0 Å². The van der Waals surface area contributed by atoms with Gasteiger partial charge in [0.1, 0.15) is 6.04 Å². The molecule has 2 heterocycles. The van der Waals surface area contributed by atoms with E-state index in [0.717, 1.165) is 19.4 Å². The highest BCUT2D eigenvalue weighted by atomic mass is 16.4. The number of aliphatic hydroxyl groups is 1. The molecule has 0 saturated carbocycles. The summed E-state index contributed by atoms with van der Waals surface area (Å²) in [5, 5.41) is 21.6. The first-order valence-corrected chi connectivity index (χ1v) is 7.06. The van der Waals surface area contributed by atoms with Gasteiger partial charge in [-0.15, -0.1) is 0 Å². The molecule has 0 aromatic heterocycles. The Balaban J connectivity index is 1.92. The molecular formula is C13H23N3O4. The average molecular weight is 285 g/mol. The van der Waals surface area contributed by atoms with Crippen LogP contribution in [0.25, 0.3) is 0 Å². The van der Waals surface area contributed by atoms with E-state index in [1.165, 1.54) is 4.90 Å². The van der Waals surface area contributed by atoms with Gasteiger partial charge in [0.05, 0.1) is 6.10 Å². The van der Waals surface area contributed by atoms with E-state index < -0.39 is 18.1 Å². The predicted molar refractivity (Wildman–Crippen MR) is 72.4 cm³/mol. The Hall–Kier alpha value is -1.34. The van der Waals surface area contributed by atoms with E-state index in [9.17, 15) is 14.7 Å². The maximum atomic E-state index is 12.2. The number of hydrogen-bond acceptors (Lipinski definition) is 4. The van der Waals surface area contributed by atoms with Crippen LogP contribution in [0.15, 0.2) is 0 Å². The van der Waals surface area contributed by atoms with Gasteiger partial charge in [-0.3, -0.25) is 0 Å². The molecule has 0 spiro atoms. The van der Waals surface area contributed by atoms with Crippen molar-refractivity contribution in [2.75, 3.05) is 20.1 Å². The minimum absolute atomic E-state index is 0.0703. The van der Waals surface area contributed by atoms with E-state index in [2.05, 4.69) is 24.2 Å². The Kier molecular flexibility index (Phi) is 4.49. The molecule has 2 amide bonds. The second-order valence-electron chi connectivity index (χ2n) is 5.90. The lowest BCUT2D eigenvalue weighted by molar-refractivity contribution is -0.141. The van der Waals surface area contributed by atoms with Gasteiger partial charge < -0.3 is 25.3 Å². The van der Waals surface area contributed by atoms with Crippen molar-refractivity contribution >= 4 is 12.0 Å². The summed E-state index contributed by atoms with van der Waals surface area (Å²) in [6, 6.07) is -0.834. The fourth-order valence-electron chi connectivity index (χ4n) is 2.95. The largest absolute Gasteiger partial charge is 0.480 e. The van der Waals surface area contributed by atoms with Crippen LogP contribution in [-0.4, -0.2) is 76.4 Å². The van der Waals surface area contributed by atoms with Crippen LogP contribution in [0.1, 0.15) is 26.2 Å². The second kappa shape index (κ2) is 5.97. The van der Waals surface area contributed by atoms with Crippen molar-refractivity contribution in [2.45, 2.75) is 50.4 Å². The summed E-state index contributed by atoms with van der Waals surface area (Å²) in [6.07, 6.45) is 1.07. The molecule has 0 aromatic rings. The molecule has 2 rings (SSSR count). The molecule has 114 valence electrons. The number of likely N-dealkylation sites (tertiary alicyclic amines) is 2. The summed E-state index contributed by atoms with van der Waals surface area (Å²) >= 11 is 0. The highest BCUT2D eigenvalue weighted by molar-refractivity contribution is 5.83. The maximum absolute atomic E-state index is 12.2. The number of aliphatic carboxylic acids is 1. The molecule has 2 saturated heterocycles. The Bertz CT molecular complexity index is 390. The number of aliphatic hydroxyl groups excluding tert-OH is 1. The van der Waals surface area contributed by atoms with E-state index in [1.54, 1.807) is 0 Å². The number of carboxylic acids is 1. The molecule has 2 aliphatic heterocycles. The molecule has 0 aromatic carbocycles. The van der Waals surface area contributed by atoms with Crippen molar-refractivity contribution in [3.05, 3.63) is 0 Å². The SMILES string of the molecule is CC1CC(NC(=O)N2CC(O)CC2C(=O)O)CCN1C. The lowest BCUT2D eigenvalue weighted by Gasteiger charge is -2.36. The Morgan fingerprint density at radius 1 is 1.30 bits per heavy atom. The van der Waals surface area contributed by atoms with Crippen molar-refractivity contribution < 1.29 is 19.8 Å². The number of β-amino-alcohol motifs (C(OH)–C–C–N with tert-alkyl or cyclic N) is 1. The minimum Gasteiger partial charge on any atom is -0.480 e. The van der Waals surface area contributed by atoms with E-state index in [0.29, 0.717) is 6.04 Å². The van der Waals surface area contributed by atoms with Crippen molar-refractivity contribution in [3.8, 4) is 0 Å². The molecule has 20 heavy (non-hydrogen) atoms. The monoisotopic (exact) mass is 285 g/mol. The van der Waals surface area contributed by atoms with Crippen molar-refractivity contribution in [2.24, 2.45) is 0 Å². The summed E-state index contributed by atoms with van der Waals surface area (Å²) in [7, 11) is 2.06. The fourth-order valence-corrected chi connectivity index (χ4v) is 2.95. The molecule has 7 heteroatoms. The van der Waals surface area contributed by atoms with Gasteiger partial charge in [0.15, 0.2) is 0 Å². The summed E-state index contributed by atoms with van der Waals surface area (Å²) in [5.74, 6) is -1.06. The molecular weight excluding hydrogens is 262 g/mol. The predicted octanol–water partition coefficient (Wildman–Crippen LogP) is -0.301. The van der Waals surface area contributed by atoms with Crippen LogP contribution < -0.4 is 5.32 Å².